The minimum atomic E-state index is -0.930. The molecule has 1 aliphatic heterocycles. The van der Waals surface area contributed by atoms with Crippen molar-refractivity contribution in [2.24, 2.45) is 5.92 Å². The summed E-state index contributed by atoms with van der Waals surface area (Å²) in [5, 5.41) is 2.59. The normalized spacial score (nSPS) is 14.0. The fourth-order valence-corrected chi connectivity index (χ4v) is 3.43. The third-order valence-electron chi connectivity index (χ3n) is 5.15. The van der Waals surface area contributed by atoms with E-state index in [0.29, 0.717) is 30.2 Å². The van der Waals surface area contributed by atoms with Crippen LogP contribution in [0.15, 0.2) is 42.5 Å². The number of piperidine rings is 1. The van der Waals surface area contributed by atoms with Crippen LogP contribution in [0.3, 0.4) is 0 Å². The lowest BCUT2D eigenvalue weighted by molar-refractivity contribution is -0.148. The van der Waals surface area contributed by atoms with Crippen LogP contribution < -0.4 is 5.32 Å². The summed E-state index contributed by atoms with van der Waals surface area (Å²) in [7, 11) is 0. The van der Waals surface area contributed by atoms with Crippen LogP contribution in [0, 0.1) is 17.6 Å². The van der Waals surface area contributed by atoms with Crippen molar-refractivity contribution in [3.05, 3.63) is 65.2 Å². The number of hydrogen-bond donors (Lipinski definition) is 1. The monoisotopic (exact) mass is 444 g/mol. The average Bonchev–Trinajstić information content (AvgIpc) is 2.77. The Labute approximate surface area is 183 Å². The number of esters is 1. The van der Waals surface area contributed by atoms with Gasteiger partial charge in [0.1, 0.15) is 11.6 Å². The molecule has 0 bridgehead atoms. The van der Waals surface area contributed by atoms with Crippen LogP contribution in [-0.2, 0) is 14.3 Å². The van der Waals surface area contributed by atoms with Crippen molar-refractivity contribution in [1.82, 2.24) is 4.90 Å². The zero-order chi connectivity index (χ0) is 23.3. The Kier molecular flexibility index (Phi) is 7.29. The van der Waals surface area contributed by atoms with Gasteiger partial charge in [0.2, 0.25) is 5.91 Å². The molecule has 0 aromatic heterocycles. The van der Waals surface area contributed by atoms with E-state index in [4.69, 9.17) is 4.74 Å². The van der Waals surface area contributed by atoms with Gasteiger partial charge in [0, 0.05) is 37.3 Å². The third-order valence-corrected chi connectivity index (χ3v) is 5.15. The molecule has 1 saturated heterocycles. The first kappa shape index (κ1) is 23.1. The van der Waals surface area contributed by atoms with E-state index < -0.39 is 36.0 Å². The Morgan fingerprint density at radius 3 is 2.28 bits per heavy atom. The summed E-state index contributed by atoms with van der Waals surface area (Å²) >= 11 is 0. The second-order valence-electron chi connectivity index (χ2n) is 7.48. The molecular formula is C23H22F2N2O5. The standard InChI is InChI=1S/C23H22F2N2O5/c1-14(28)26-18-5-2-15(3-6-18)21(29)13-32-23(31)16-8-10-27(11-9-16)22(30)19-7-4-17(24)12-20(19)25/h2-7,12,16H,8-11,13H2,1H3,(H,26,28). The minimum Gasteiger partial charge on any atom is -0.457 e. The lowest BCUT2D eigenvalue weighted by atomic mass is 9.96. The molecule has 1 N–H and O–H groups in total. The molecule has 0 atom stereocenters. The Hall–Kier alpha value is -3.62. The summed E-state index contributed by atoms with van der Waals surface area (Å²) in [5.74, 6) is -3.88. The predicted octanol–water partition coefficient (Wildman–Crippen LogP) is 3.20. The summed E-state index contributed by atoms with van der Waals surface area (Å²) in [6.45, 7) is 1.39. The zero-order valence-electron chi connectivity index (χ0n) is 17.4. The lowest BCUT2D eigenvalue weighted by Gasteiger charge is -2.31. The molecule has 0 spiro atoms. The van der Waals surface area contributed by atoms with Crippen molar-refractivity contribution in [3.8, 4) is 0 Å². The third kappa shape index (κ3) is 5.75. The van der Waals surface area contributed by atoms with Crippen molar-refractivity contribution in [2.45, 2.75) is 19.8 Å². The van der Waals surface area contributed by atoms with Crippen LogP contribution in [-0.4, -0.2) is 48.2 Å². The van der Waals surface area contributed by atoms with Crippen LogP contribution in [0.1, 0.15) is 40.5 Å². The summed E-state index contributed by atoms with van der Waals surface area (Å²) in [5.41, 5.74) is 0.670. The SMILES string of the molecule is CC(=O)Nc1ccc(C(=O)COC(=O)C2CCN(C(=O)c3ccc(F)cc3F)CC2)cc1. The maximum Gasteiger partial charge on any atom is 0.309 e. The van der Waals surface area contributed by atoms with Crippen molar-refractivity contribution in [2.75, 3.05) is 25.0 Å². The highest BCUT2D eigenvalue weighted by atomic mass is 19.1. The summed E-state index contributed by atoms with van der Waals surface area (Å²) in [4.78, 5) is 49.4. The summed E-state index contributed by atoms with van der Waals surface area (Å²) in [6, 6.07) is 8.98. The highest BCUT2D eigenvalue weighted by Gasteiger charge is 2.30. The molecule has 7 nitrogen and oxygen atoms in total. The summed E-state index contributed by atoms with van der Waals surface area (Å²) in [6.07, 6.45) is 0.625. The molecular weight excluding hydrogens is 422 g/mol. The van der Waals surface area contributed by atoms with Crippen LogP contribution in [0.2, 0.25) is 0 Å². The predicted molar refractivity (Wildman–Crippen MR) is 111 cm³/mol. The van der Waals surface area contributed by atoms with Gasteiger partial charge in [-0.3, -0.25) is 19.2 Å². The molecule has 0 aliphatic carbocycles. The molecule has 0 saturated carbocycles. The highest BCUT2D eigenvalue weighted by molar-refractivity contribution is 5.99. The van der Waals surface area contributed by atoms with E-state index in [2.05, 4.69) is 5.32 Å². The van der Waals surface area contributed by atoms with Gasteiger partial charge in [-0.25, -0.2) is 8.78 Å². The first-order valence-corrected chi connectivity index (χ1v) is 10.1. The number of nitrogens with zero attached hydrogens (tertiary/aromatic N) is 1. The number of Topliss-reactive ketones (excluding diaryl/α,β-unsaturated/α-hetero) is 1. The molecule has 1 fully saturated rings. The second-order valence-corrected chi connectivity index (χ2v) is 7.48. The number of carbonyl (C=O) groups excluding carboxylic acids is 4. The number of anilines is 1. The zero-order valence-corrected chi connectivity index (χ0v) is 17.4. The second kappa shape index (κ2) is 10.1. The largest absolute Gasteiger partial charge is 0.457 e. The smallest absolute Gasteiger partial charge is 0.309 e. The molecule has 3 rings (SSSR count). The molecule has 9 heteroatoms. The van der Waals surface area contributed by atoms with E-state index in [1.165, 1.54) is 24.0 Å². The maximum absolute atomic E-state index is 13.8. The fourth-order valence-electron chi connectivity index (χ4n) is 3.43. The van der Waals surface area contributed by atoms with Crippen LogP contribution in [0.25, 0.3) is 0 Å². The first-order chi connectivity index (χ1) is 15.2. The van der Waals surface area contributed by atoms with Gasteiger partial charge < -0.3 is 15.0 Å². The van der Waals surface area contributed by atoms with E-state index in [9.17, 15) is 28.0 Å². The molecule has 1 aliphatic rings. The Balaban J connectivity index is 1.47. The molecule has 168 valence electrons. The number of amides is 2. The Morgan fingerprint density at radius 2 is 1.69 bits per heavy atom. The number of hydrogen-bond acceptors (Lipinski definition) is 5. The lowest BCUT2D eigenvalue weighted by Crippen LogP contribution is -2.41. The quantitative estimate of drug-likeness (QED) is 0.546. The molecule has 1 heterocycles. The number of benzene rings is 2. The molecule has 32 heavy (non-hydrogen) atoms. The van der Waals surface area contributed by atoms with Gasteiger partial charge in [0.15, 0.2) is 12.4 Å². The van der Waals surface area contributed by atoms with Gasteiger partial charge in [0.25, 0.3) is 5.91 Å². The number of ketones is 1. The topological polar surface area (TPSA) is 92.8 Å². The highest BCUT2D eigenvalue weighted by Crippen LogP contribution is 2.22. The van der Waals surface area contributed by atoms with Gasteiger partial charge >= 0.3 is 5.97 Å². The van der Waals surface area contributed by atoms with E-state index in [1.807, 2.05) is 0 Å². The number of halogens is 2. The van der Waals surface area contributed by atoms with Gasteiger partial charge in [-0.05, 0) is 49.2 Å². The number of nitrogens with one attached hydrogen (secondary N) is 1. The van der Waals surface area contributed by atoms with Crippen LogP contribution >= 0.6 is 0 Å². The number of likely N-dealkylation sites (tertiary alicyclic amines) is 1. The minimum absolute atomic E-state index is 0.216. The molecule has 0 unspecified atom stereocenters. The fraction of sp³-hybridized carbons (Fsp3) is 0.304. The van der Waals surface area contributed by atoms with Crippen molar-refractivity contribution in [1.29, 1.82) is 0 Å². The van der Waals surface area contributed by atoms with Crippen LogP contribution in [0.5, 0.6) is 0 Å². The van der Waals surface area contributed by atoms with E-state index in [-0.39, 0.29) is 30.3 Å². The van der Waals surface area contributed by atoms with E-state index in [0.717, 1.165) is 12.1 Å². The first-order valence-electron chi connectivity index (χ1n) is 10.1. The van der Waals surface area contributed by atoms with Crippen molar-refractivity contribution in [3.63, 3.8) is 0 Å². The van der Waals surface area contributed by atoms with Gasteiger partial charge in [-0.2, -0.15) is 0 Å². The van der Waals surface area contributed by atoms with Gasteiger partial charge in [-0.1, -0.05) is 0 Å². The molecule has 2 amide bonds. The number of ether oxygens (including phenoxy) is 1. The van der Waals surface area contributed by atoms with Gasteiger partial charge in [0.05, 0.1) is 11.5 Å². The van der Waals surface area contributed by atoms with Crippen LogP contribution in [0.4, 0.5) is 14.5 Å². The molecule has 0 radical (unpaired) electrons. The number of carbonyl (C=O) groups is 4. The maximum atomic E-state index is 13.8. The van der Waals surface area contributed by atoms with E-state index in [1.54, 1.807) is 12.1 Å². The Bertz CT molecular complexity index is 1030. The van der Waals surface area contributed by atoms with E-state index >= 15 is 0 Å². The number of rotatable bonds is 6. The molecule has 2 aromatic carbocycles. The Morgan fingerprint density at radius 1 is 1.03 bits per heavy atom. The van der Waals surface area contributed by atoms with Crippen molar-refractivity contribution >= 4 is 29.3 Å². The van der Waals surface area contributed by atoms with Gasteiger partial charge in [-0.15, -0.1) is 0 Å². The molecule has 2 aromatic rings. The van der Waals surface area contributed by atoms with Crippen molar-refractivity contribution < 1.29 is 32.7 Å². The summed E-state index contributed by atoms with van der Waals surface area (Å²) < 4.78 is 32.0. The average molecular weight is 444 g/mol.